The van der Waals surface area contributed by atoms with E-state index < -0.39 is 10.0 Å². The number of sulfonamides is 1. The molecule has 5 nitrogen and oxygen atoms in total. The molecule has 1 N–H and O–H groups in total. The van der Waals surface area contributed by atoms with Gasteiger partial charge in [0, 0.05) is 17.3 Å². The Bertz CT molecular complexity index is 1210. The first kappa shape index (κ1) is 20.7. The molecule has 0 unspecified atom stereocenters. The van der Waals surface area contributed by atoms with E-state index in [4.69, 9.17) is 23.2 Å². The Kier molecular flexibility index (Phi) is 5.73. The van der Waals surface area contributed by atoms with Gasteiger partial charge in [-0.1, -0.05) is 41.4 Å². The van der Waals surface area contributed by atoms with Crippen LogP contribution in [0, 0.1) is 0 Å². The molecule has 3 aromatic carbocycles. The third-order valence-electron chi connectivity index (χ3n) is 4.92. The first-order chi connectivity index (χ1) is 14.4. The van der Waals surface area contributed by atoms with E-state index in [0.29, 0.717) is 34.9 Å². The van der Waals surface area contributed by atoms with Gasteiger partial charge in [0.15, 0.2) is 0 Å². The van der Waals surface area contributed by atoms with Crippen LogP contribution in [0.15, 0.2) is 71.6 Å². The molecule has 0 saturated carbocycles. The van der Waals surface area contributed by atoms with Crippen LogP contribution >= 0.6 is 23.2 Å². The minimum absolute atomic E-state index is 0.257. The lowest BCUT2D eigenvalue weighted by molar-refractivity contribution is 0.102. The molecular formula is C22H18Cl2N2O3S. The lowest BCUT2D eigenvalue weighted by Gasteiger charge is -2.31. The Morgan fingerprint density at radius 2 is 1.73 bits per heavy atom. The number of benzene rings is 3. The highest BCUT2D eigenvalue weighted by Crippen LogP contribution is 2.34. The van der Waals surface area contributed by atoms with Crippen molar-refractivity contribution in [3.05, 3.63) is 87.9 Å². The van der Waals surface area contributed by atoms with Crippen molar-refractivity contribution in [2.45, 2.75) is 17.7 Å². The number of aryl methyl sites for hydroxylation is 1. The molecule has 0 spiro atoms. The highest BCUT2D eigenvalue weighted by Gasteiger charge is 2.29. The molecule has 8 heteroatoms. The smallest absolute Gasteiger partial charge is 0.264 e. The maximum absolute atomic E-state index is 13.1. The molecule has 0 fully saturated rings. The van der Waals surface area contributed by atoms with E-state index in [-0.39, 0.29) is 15.8 Å². The van der Waals surface area contributed by atoms with Crippen LogP contribution in [0.2, 0.25) is 10.0 Å². The fourth-order valence-corrected chi connectivity index (χ4v) is 5.54. The van der Waals surface area contributed by atoms with Gasteiger partial charge in [-0.3, -0.25) is 9.10 Å². The second-order valence-corrected chi connectivity index (χ2v) is 9.62. The average Bonchev–Trinajstić information content (AvgIpc) is 2.73. The standard InChI is InChI=1S/C22H18Cl2N2O3S/c23-16-8-10-19(20(24)14-16)22(27)25-17-9-11-21-15(13-17)5-4-12-26(21)30(28,29)18-6-2-1-3-7-18/h1-3,6-11,13-14H,4-5,12H2,(H,25,27). The molecule has 3 aromatic rings. The van der Waals surface area contributed by atoms with Crippen molar-refractivity contribution in [1.29, 1.82) is 0 Å². The van der Waals surface area contributed by atoms with Crippen molar-refractivity contribution >= 4 is 50.5 Å². The molecule has 1 amide bonds. The number of anilines is 2. The number of nitrogens with zero attached hydrogens (tertiary/aromatic N) is 1. The van der Waals surface area contributed by atoms with Gasteiger partial charge in [0.05, 0.1) is 21.2 Å². The Hall–Kier alpha value is -2.54. The van der Waals surface area contributed by atoms with Gasteiger partial charge in [0.25, 0.3) is 15.9 Å². The first-order valence-electron chi connectivity index (χ1n) is 9.33. The van der Waals surface area contributed by atoms with Crippen LogP contribution in [0.1, 0.15) is 22.3 Å². The summed E-state index contributed by atoms with van der Waals surface area (Å²) in [5.74, 6) is -0.360. The molecule has 0 saturated heterocycles. The predicted octanol–water partition coefficient (Wildman–Crippen LogP) is 5.39. The topological polar surface area (TPSA) is 66.5 Å². The predicted molar refractivity (Wildman–Crippen MR) is 120 cm³/mol. The highest BCUT2D eigenvalue weighted by molar-refractivity contribution is 7.92. The molecular weight excluding hydrogens is 443 g/mol. The van der Waals surface area contributed by atoms with Crippen molar-refractivity contribution < 1.29 is 13.2 Å². The second-order valence-electron chi connectivity index (χ2n) is 6.92. The molecule has 4 rings (SSSR count). The number of carbonyl (C=O) groups excluding carboxylic acids is 1. The number of rotatable bonds is 4. The summed E-state index contributed by atoms with van der Waals surface area (Å²) in [6, 6.07) is 18.3. The monoisotopic (exact) mass is 460 g/mol. The molecule has 0 bridgehead atoms. The summed E-state index contributed by atoms with van der Waals surface area (Å²) in [6.45, 7) is 0.413. The number of nitrogens with one attached hydrogen (secondary N) is 1. The number of amides is 1. The minimum atomic E-state index is -3.65. The number of hydrogen-bond donors (Lipinski definition) is 1. The molecule has 1 heterocycles. The van der Waals surface area contributed by atoms with Gasteiger partial charge in [-0.05, 0) is 66.9 Å². The molecule has 1 aliphatic rings. The molecule has 154 valence electrons. The van der Waals surface area contributed by atoms with E-state index in [0.717, 1.165) is 12.0 Å². The van der Waals surface area contributed by atoms with Crippen LogP contribution in [0.3, 0.4) is 0 Å². The number of carbonyl (C=O) groups is 1. The third kappa shape index (κ3) is 4.03. The summed E-state index contributed by atoms with van der Waals surface area (Å²) in [7, 11) is -3.65. The van der Waals surface area contributed by atoms with Gasteiger partial charge in [-0.15, -0.1) is 0 Å². The largest absolute Gasteiger partial charge is 0.322 e. The molecule has 0 atom stereocenters. The van der Waals surface area contributed by atoms with Crippen molar-refractivity contribution in [3.8, 4) is 0 Å². The zero-order chi connectivity index (χ0) is 21.3. The average molecular weight is 461 g/mol. The zero-order valence-electron chi connectivity index (χ0n) is 15.8. The van der Waals surface area contributed by atoms with Gasteiger partial charge < -0.3 is 5.32 Å². The number of fused-ring (bicyclic) bond motifs is 1. The fraction of sp³-hybridized carbons (Fsp3) is 0.136. The van der Waals surface area contributed by atoms with Gasteiger partial charge in [0.1, 0.15) is 0 Å². The van der Waals surface area contributed by atoms with E-state index in [1.807, 2.05) is 6.07 Å². The summed E-state index contributed by atoms with van der Waals surface area (Å²) in [5.41, 5.74) is 2.38. The van der Waals surface area contributed by atoms with E-state index in [1.54, 1.807) is 54.6 Å². The Morgan fingerprint density at radius 3 is 2.47 bits per heavy atom. The first-order valence-corrected chi connectivity index (χ1v) is 11.5. The minimum Gasteiger partial charge on any atom is -0.322 e. The van der Waals surface area contributed by atoms with Crippen LogP contribution in [-0.2, 0) is 16.4 Å². The fourth-order valence-electron chi connectivity index (χ4n) is 3.48. The van der Waals surface area contributed by atoms with E-state index in [2.05, 4.69) is 5.32 Å². The molecule has 0 aromatic heterocycles. The zero-order valence-corrected chi connectivity index (χ0v) is 18.1. The Labute approximate surface area is 185 Å². The maximum atomic E-state index is 13.1. The van der Waals surface area contributed by atoms with Crippen LogP contribution in [0.5, 0.6) is 0 Å². The summed E-state index contributed by atoms with van der Waals surface area (Å²) in [4.78, 5) is 12.8. The van der Waals surface area contributed by atoms with Crippen LogP contribution in [-0.4, -0.2) is 20.9 Å². The quantitative estimate of drug-likeness (QED) is 0.567. The summed E-state index contributed by atoms with van der Waals surface area (Å²) in [5, 5.41) is 3.53. The lowest BCUT2D eigenvalue weighted by atomic mass is 10.0. The summed E-state index contributed by atoms with van der Waals surface area (Å²) >= 11 is 12.0. The van der Waals surface area contributed by atoms with Gasteiger partial charge in [-0.25, -0.2) is 8.42 Å². The van der Waals surface area contributed by atoms with Crippen molar-refractivity contribution in [1.82, 2.24) is 0 Å². The number of hydrogen-bond acceptors (Lipinski definition) is 3. The highest BCUT2D eigenvalue weighted by atomic mass is 35.5. The maximum Gasteiger partial charge on any atom is 0.264 e. The Balaban J connectivity index is 1.61. The lowest BCUT2D eigenvalue weighted by Crippen LogP contribution is -2.35. The molecule has 30 heavy (non-hydrogen) atoms. The van der Waals surface area contributed by atoms with Crippen molar-refractivity contribution in [2.24, 2.45) is 0 Å². The van der Waals surface area contributed by atoms with Crippen molar-refractivity contribution in [2.75, 3.05) is 16.2 Å². The van der Waals surface area contributed by atoms with E-state index >= 15 is 0 Å². The van der Waals surface area contributed by atoms with Gasteiger partial charge in [-0.2, -0.15) is 0 Å². The van der Waals surface area contributed by atoms with E-state index in [1.165, 1.54) is 10.4 Å². The normalized spacial score (nSPS) is 13.6. The van der Waals surface area contributed by atoms with Crippen LogP contribution < -0.4 is 9.62 Å². The molecule has 1 aliphatic heterocycles. The molecule has 0 radical (unpaired) electrons. The van der Waals surface area contributed by atoms with Crippen molar-refractivity contribution in [3.63, 3.8) is 0 Å². The summed E-state index contributed by atoms with van der Waals surface area (Å²) in [6.07, 6.45) is 1.42. The molecule has 0 aliphatic carbocycles. The van der Waals surface area contributed by atoms with Crippen LogP contribution in [0.4, 0.5) is 11.4 Å². The summed E-state index contributed by atoms with van der Waals surface area (Å²) < 4.78 is 27.6. The van der Waals surface area contributed by atoms with E-state index in [9.17, 15) is 13.2 Å². The SMILES string of the molecule is O=C(Nc1ccc2c(c1)CCCN2S(=O)(=O)c1ccccc1)c1ccc(Cl)cc1Cl. The Morgan fingerprint density at radius 1 is 0.967 bits per heavy atom. The second kappa shape index (κ2) is 8.30. The van der Waals surface area contributed by atoms with Gasteiger partial charge >= 0.3 is 0 Å². The van der Waals surface area contributed by atoms with Crippen LogP contribution in [0.25, 0.3) is 0 Å². The third-order valence-corrected chi connectivity index (χ3v) is 7.30. The number of halogens is 2. The van der Waals surface area contributed by atoms with Gasteiger partial charge in [0.2, 0.25) is 0 Å².